The molecule has 0 fully saturated rings. The molecule has 0 saturated heterocycles. The van der Waals surface area contributed by atoms with Crippen molar-refractivity contribution in [1.82, 2.24) is 10.2 Å². The Labute approximate surface area is 198 Å². The smallest absolute Gasteiger partial charge is 0.261 e. The highest BCUT2D eigenvalue weighted by molar-refractivity contribution is 5.88. The van der Waals surface area contributed by atoms with Gasteiger partial charge < -0.3 is 15.0 Å². The number of nitrogens with zero attached hydrogens (tertiary/aromatic N) is 1. The number of ether oxygens (including phenoxy) is 1. The van der Waals surface area contributed by atoms with Gasteiger partial charge in [-0.2, -0.15) is 0 Å². The van der Waals surface area contributed by atoms with Crippen LogP contribution in [0.15, 0.2) is 78.9 Å². The standard InChI is InChI=1S/C27H28F2N2O3/c1-19(2)30-27(33)24(16-20-8-4-3-5-9-20)31(17-21-12-14-22(28)15-13-21)26(32)18-34-25-11-7-6-10-23(25)29/h3-15,19,24H,16-18H2,1-2H3,(H,30,33). The quantitative estimate of drug-likeness (QED) is 0.478. The first-order valence-corrected chi connectivity index (χ1v) is 11.1. The minimum Gasteiger partial charge on any atom is -0.481 e. The largest absolute Gasteiger partial charge is 0.481 e. The molecule has 0 aliphatic rings. The van der Waals surface area contributed by atoms with Crippen molar-refractivity contribution >= 4 is 11.8 Å². The third kappa shape index (κ3) is 7.13. The maximum Gasteiger partial charge on any atom is 0.261 e. The van der Waals surface area contributed by atoms with Crippen LogP contribution in [0.25, 0.3) is 0 Å². The lowest BCUT2D eigenvalue weighted by Gasteiger charge is -2.32. The lowest BCUT2D eigenvalue weighted by Crippen LogP contribution is -2.52. The van der Waals surface area contributed by atoms with E-state index in [0.717, 1.165) is 5.56 Å². The molecule has 1 atom stereocenters. The minimum absolute atomic E-state index is 0.0520. The second kappa shape index (κ2) is 11.9. The van der Waals surface area contributed by atoms with Gasteiger partial charge in [0.05, 0.1) is 0 Å². The average molecular weight is 467 g/mol. The summed E-state index contributed by atoms with van der Waals surface area (Å²) in [5.74, 6) is -1.85. The fourth-order valence-corrected chi connectivity index (χ4v) is 3.51. The number of nitrogens with one attached hydrogen (secondary N) is 1. The summed E-state index contributed by atoms with van der Waals surface area (Å²) in [4.78, 5) is 28.0. The van der Waals surface area contributed by atoms with Gasteiger partial charge in [0.25, 0.3) is 5.91 Å². The van der Waals surface area contributed by atoms with Crippen LogP contribution in [0.2, 0.25) is 0 Å². The molecule has 0 bridgehead atoms. The fourth-order valence-electron chi connectivity index (χ4n) is 3.51. The summed E-state index contributed by atoms with van der Waals surface area (Å²) in [5.41, 5.74) is 1.52. The van der Waals surface area contributed by atoms with E-state index < -0.39 is 30.2 Å². The molecule has 0 aliphatic carbocycles. The van der Waals surface area contributed by atoms with Gasteiger partial charge in [0.1, 0.15) is 11.9 Å². The zero-order valence-electron chi connectivity index (χ0n) is 19.2. The van der Waals surface area contributed by atoms with Crippen molar-refractivity contribution in [2.45, 2.75) is 38.9 Å². The molecule has 1 unspecified atom stereocenters. The molecular formula is C27H28F2N2O3. The third-order valence-electron chi connectivity index (χ3n) is 5.16. The summed E-state index contributed by atoms with van der Waals surface area (Å²) in [6.07, 6.45) is 0.270. The van der Waals surface area contributed by atoms with E-state index >= 15 is 0 Å². The molecule has 7 heteroatoms. The number of benzene rings is 3. The molecule has 5 nitrogen and oxygen atoms in total. The van der Waals surface area contributed by atoms with Crippen LogP contribution < -0.4 is 10.1 Å². The Balaban J connectivity index is 1.91. The maximum absolute atomic E-state index is 14.0. The van der Waals surface area contributed by atoms with Crippen molar-refractivity contribution in [3.8, 4) is 5.75 Å². The summed E-state index contributed by atoms with van der Waals surface area (Å²) >= 11 is 0. The summed E-state index contributed by atoms with van der Waals surface area (Å²) in [6, 6.07) is 19.9. The van der Waals surface area contributed by atoms with Crippen molar-refractivity contribution in [3.05, 3.63) is 102 Å². The first-order valence-electron chi connectivity index (χ1n) is 11.1. The number of carbonyl (C=O) groups is 2. The van der Waals surface area contributed by atoms with Gasteiger partial charge in [-0.15, -0.1) is 0 Å². The molecule has 0 radical (unpaired) electrons. The van der Waals surface area contributed by atoms with Crippen molar-refractivity contribution in [1.29, 1.82) is 0 Å². The Morgan fingerprint density at radius 3 is 2.18 bits per heavy atom. The van der Waals surface area contributed by atoms with Gasteiger partial charge in [0.15, 0.2) is 18.2 Å². The highest BCUT2D eigenvalue weighted by Crippen LogP contribution is 2.18. The molecule has 0 aliphatic heterocycles. The van der Waals surface area contributed by atoms with Crippen molar-refractivity contribution in [2.75, 3.05) is 6.61 Å². The zero-order valence-corrected chi connectivity index (χ0v) is 19.2. The lowest BCUT2D eigenvalue weighted by molar-refractivity contribution is -0.143. The second-order valence-corrected chi connectivity index (χ2v) is 8.24. The molecule has 0 heterocycles. The van der Waals surface area contributed by atoms with Crippen LogP contribution in [-0.4, -0.2) is 35.4 Å². The van der Waals surface area contributed by atoms with Crippen LogP contribution >= 0.6 is 0 Å². The van der Waals surface area contributed by atoms with Crippen molar-refractivity contribution in [2.24, 2.45) is 0 Å². The third-order valence-corrected chi connectivity index (χ3v) is 5.16. The molecule has 3 aromatic rings. The van der Waals surface area contributed by atoms with Crippen LogP contribution in [0.5, 0.6) is 5.75 Å². The number of rotatable bonds is 10. The Morgan fingerprint density at radius 2 is 1.53 bits per heavy atom. The van der Waals surface area contributed by atoms with E-state index in [4.69, 9.17) is 4.74 Å². The van der Waals surface area contributed by atoms with E-state index in [-0.39, 0.29) is 30.7 Å². The van der Waals surface area contributed by atoms with Crippen molar-refractivity contribution < 1.29 is 23.1 Å². The molecular weight excluding hydrogens is 438 g/mol. The average Bonchev–Trinajstić information content (AvgIpc) is 2.82. The Bertz CT molecular complexity index is 1090. The normalized spacial score (nSPS) is 11.7. The number of carbonyl (C=O) groups excluding carboxylic acids is 2. The summed E-state index contributed by atoms with van der Waals surface area (Å²) < 4.78 is 32.9. The van der Waals surface area contributed by atoms with E-state index in [9.17, 15) is 18.4 Å². The van der Waals surface area contributed by atoms with E-state index in [1.54, 1.807) is 18.2 Å². The monoisotopic (exact) mass is 466 g/mol. The number of hydrogen-bond donors (Lipinski definition) is 1. The molecule has 34 heavy (non-hydrogen) atoms. The predicted molar refractivity (Wildman–Crippen MR) is 126 cm³/mol. The lowest BCUT2D eigenvalue weighted by atomic mass is 10.0. The highest BCUT2D eigenvalue weighted by atomic mass is 19.1. The molecule has 3 aromatic carbocycles. The van der Waals surface area contributed by atoms with Gasteiger partial charge in [0, 0.05) is 19.0 Å². The van der Waals surface area contributed by atoms with Gasteiger partial charge in [-0.25, -0.2) is 8.78 Å². The first-order chi connectivity index (χ1) is 16.3. The fraction of sp³-hybridized carbons (Fsp3) is 0.259. The highest BCUT2D eigenvalue weighted by Gasteiger charge is 2.31. The molecule has 2 amide bonds. The van der Waals surface area contributed by atoms with Crippen LogP contribution in [0.4, 0.5) is 8.78 Å². The van der Waals surface area contributed by atoms with Gasteiger partial charge in [-0.1, -0.05) is 54.6 Å². The Kier molecular flexibility index (Phi) is 8.73. The first kappa shape index (κ1) is 24.9. The maximum atomic E-state index is 14.0. The van der Waals surface area contributed by atoms with E-state index in [0.29, 0.717) is 5.56 Å². The summed E-state index contributed by atoms with van der Waals surface area (Å²) in [6.45, 7) is 3.28. The van der Waals surface area contributed by atoms with E-state index in [1.807, 2.05) is 44.2 Å². The van der Waals surface area contributed by atoms with Crippen molar-refractivity contribution in [3.63, 3.8) is 0 Å². The molecule has 0 spiro atoms. The zero-order chi connectivity index (χ0) is 24.5. The molecule has 178 valence electrons. The van der Waals surface area contributed by atoms with Crippen LogP contribution in [-0.2, 0) is 22.6 Å². The molecule has 0 saturated carbocycles. The van der Waals surface area contributed by atoms with Gasteiger partial charge in [0.2, 0.25) is 5.91 Å². The van der Waals surface area contributed by atoms with E-state index in [1.165, 1.54) is 35.2 Å². The molecule has 3 rings (SSSR count). The Morgan fingerprint density at radius 1 is 0.882 bits per heavy atom. The number of halogens is 2. The second-order valence-electron chi connectivity index (χ2n) is 8.24. The Hall–Kier alpha value is -3.74. The number of hydrogen-bond acceptors (Lipinski definition) is 3. The predicted octanol–water partition coefficient (Wildman–Crippen LogP) is 4.51. The molecule has 1 N–H and O–H groups in total. The topological polar surface area (TPSA) is 58.6 Å². The van der Waals surface area contributed by atoms with E-state index in [2.05, 4.69) is 5.32 Å². The van der Waals surface area contributed by atoms with Crippen LogP contribution in [0.1, 0.15) is 25.0 Å². The number of para-hydroxylation sites is 1. The van der Waals surface area contributed by atoms with Gasteiger partial charge >= 0.3 is 0 Å². The molecule has 0 aromatic heterocycles. The SMILES string of the molecule is CC(C)NC(=O)C(Cc1ccccc1)N(Cc1ccc(F)cc1)C(=O)COc1ccccc1F. The van der Waals surface area contributed by atoms with Crippen LogP contribution in [0, 0.1) is 11.6 Å². The van der Waals surface area contributed by atoms with Crippen LogP contribution in [0.3, 0.4) is 0 Å². The number of amides is 2. The minimum atomic E-state index is -0.855. The summed E-state index contributed by atoms with van der Waals surface area (Å²) in [5, 5.41) is 2.88. The van der Waals surface area contributed by atoms with Gasteiger partial charge in [-0.3, -0.25) is 9.59 Å². The van der Waals surface area contributed by atoms with Gasteiger partial charge in [-0.05, 0) is 49.2 Å². The summed E-state index contributed by atoms with van der Waals surface area (Å²) in [7, 11) is 0.